The molecule has 19 heavy (non-hydrogen) atoms. The van der Waals surface area contributed by atoms with Gasteiger partial charge in [0.2, 0.25) is 5.88 Å². The lowest BCUT2D eigenvalue weighted by atomic mass is 10.1. The molecule has 0 N–H and O–H groups in total. The fourth-order valence-corrected chi connectivity index (χ4v) is 2.52. The van der Waals surface area contributed by atoms with E-state index in [2.05, 4.69) is 12.0 Å². The molecule has 1 aromatic heterocycles. The third-order valence-electron chi connectivity index (χ3n) is 3.04. The maximum Gasteiger partial charge on any atom is 0.222 e. The SMILES string of the molecule is CCc1cc(Oc2c(CCl)c(C)nn2C)ccc1Cl. The zero-order chi connectivity index (χ0) is 14.0. The molecule has 2 aromatic rings. The second kappa shape index (κ2) is 5.85. The molecule has 102 valence electrons. The Bertz CT molecular complexity index is 593. The Hall–Kier alpha value is -1.19. The van der Waals surface area contributed by atoms with E-state index in [9.17, 15) is 0 Å². The summed E-state index contributed by atoms with van der Waals surface area (Å²) >= 11 is 12.0. The maximum absolute atomic E-state index is 6.10. The van der Waals surface area contributed by atoms with Crippen molar-refractivity contribution in [3.63, 3.8) is 0 Å². The second-order valence-electron chi connectivity index (χ2n) is 4.34. The minimum absolute atomic E-state index is 0.378. The first-order chi connectivity index (χ1) is 9.06. The van der Waals surface area contributed by atoms with Crippen LogP contribution >= 0.6 is 23.2 Å². The van der Waals surface area contributed by atoms with Gasteiger partial charge in [-0.15, -0.1) is 11.6 Å². The molecule has 0 amide bonds. The molecule has 0 aliphatic carbocycles. The van der Waals surface area contributed by atoms with Crippen LogP contribution in [0, 0.1) is 6.92 Å². The Morgan fingerprint density at radius 1 is 1.37 bits per heavy atom. The highest BCUT2D eigenvalue weighted by molar-refractivity contribution is 6.31. The number of rotatable bonds is 4. The number of aromatic nitrogens is 2. The normalized spacial score (nSPS) is 10.8. The van der Waals surface area contributed by atoms with Gasteiger partial charge in [-0.2, -0.15) is 5.10 Å². The minimum Gasteiger partial charge on any atom is -0.439 e. The summed E-state index contributed by atoms with van der Waals surface area (Å²) in [6, 6.07) is 5.64. The van der Waals surface area contributed by atoms with Crippen LogP contribution < -0.4 is 4.74 Å². The monoisotopic (exact) mass is 298 g/mol. The predicted octanol–water partition coefficient (Wildman–Crippen LogP) is 4.48. The maximum atomic E-state index is 6.10. The van der Waals surface area contributed by atoms with Gasteiger partial charge < -0.3 is 4.74 Å². The molecule has 0 fully saturated rings. The number of alkyl halides is 1. The topological polar surface area (TPSA) is 27.1 Å². The lowest BCUT2D eigenvalue weighted by Gasteiger charge is -2.09. The van der Waals surface area contributed by atoms with Crippen molar-refractivity contribution < 1.29 is 4.74 Å². The van der Waals surface area contributed by atoms with E-state index in [0.29, 0.717) is 11.8 Å². The summed E-state index contributed by atoms with van der Waals surface area (Å²) in [6.07, 6.45) is 0.864. The molecular formula is C14H16Cl2N2O. The van der Waals surface area contributed by atoms with Crippen molar-refractivity contribution in [2.45, 2.75) is 26.1 Å². The van der Waals surface area contributed by atoms with Crippen molar-refractivity contribution in [3.8, 4) is 11.6 Å². The molecule has 0 radical (unpaired) electrons. The predicted molar refractivity (Wildman–Crippen MR) is 78.4 cm³/mol. The lowest BCUT2D eigenvalue weighted by molar-refractivity contribution is 0.427. The molecule has 0 bridgehead atoms. The van der Waals surface area contributed by atoms with E-state index in [1.165, 1.54) is 0 Å². The molecule has 0 aliphatic heterocycles. The molecule has 0 spiro atoms. The molecule has 0 atom stereocenters. The van der Waals surface area contributed by atoms with Gasteiger partial charge in [-0.05, 0) is 37.1 Å². The summed E-state index contributed by atoms with van der Waals surface area (Å²) in [5, 5.41) is 5.08. The van der Waals surface area contributed by atoms with E-state index in [1.807, 2.05) is 32.2 Å². The van der Waals surface area contributed by atoms with E-state index in [1.54, 1.807) is 4.68 Å². The van der Waals surface area contributed by atoms with Gasteiger partial charge >= 0.3 is 0 Å². The van der Waals surface area contributed by atoms with Gasteiger partial charge in [0.1, 0.15) is 5.75 Å². The number of ether oxygens (including phenoxy) is 1. The first kappa shape index (κ1) is 14.2. The van der Waals surface area contributed by atoms with Crippen LogP contribution in [-0.2, 0) is 19.3 Å². The third kappa shape index (κ3) is 2.88. The number of nitrogens with zero attached hydrogens (tertiary/aromatic N) is 2. The fraction of sp³-hybridized carbons (Fsp3) is 0.357. The second-order valence-corrected chi connectivity index (χ2v) is 5.01. The van der Waals surface area contributed by atoms with Crippen LogP contribution in [0.5, 0.6) is 11.6 Å². The van der Waals surface area contributed by atoms with Crippen molar-refractivity contribution in [1.82, 2.24) is 9.78 Å². The van der Waals surface area contributed by atoms with Crippen LogP contribution in [0.3, 0.4) is 0 Å². The average molecular weight is 299 g/mol. The highest BCUT2D eigenvalue weighted by Crippen LogP contribution is 2.30. The number of halogens is 2. The third-order valence-corrected chi connectivity index (χ3v) is 3.67. The standard InChI is InChI=1S/C14H16Cl2N2O/c1-4-10-7-11(5-6-13(10)16)19-14-12(8-15)9(2)17-18(14)3/h5-7H,4,8H2,1-3H3. The number of hydrogen-bond acceptors (Lipinski definition) is 2. The van der Waals surface area contributed by atoms with Gasteiger partial charge in [-0.25, -0.2) is 4.68 Å². The van der Waals surface area contributed by atoms with Gasteiger partial charge in [0, 0.05) is 12.1 Å². The molecule has 0 unspecified atom stereocenters. The smallest absolute Gasteiger partial charge is 0.222 e. The van der Waals surface area contributed by atoms with Gasteiger partial charge in [0.25, 0.3) is 0 Å². The molecule has 2 rings (SSSR count). The highest BCUT2D eigenvalue weighted by atomic mass is 35.5. The molecule has 5 heteroatoms. The largest absolute Gasteiger partial charge is 0.439 e. The molecule has 1 heterocycles. The molecule has 0 saturated heterocycles. The zero-order valence-corrected chi connectivity index (χ0v) is 12.7. The van der Waals surface area contributed by atoms with E-state index in [0.717, 1.165) is 34.0 Å². The number of aryl methyl sites for hydroxylation is 3. The summed E-state index contributed by atoms with van der Waals surface area (Å²) in [5.41, 5.74) is 2.86. The quantitative estimate of drug-likeness (QED) is 0.779. The highest BCUT2D eigenvalue weighted by Gasteiger charge is 2.14. The van der Waals surface area contributed by atoms with E-state index >= 15 is 0 Å². The molecule has 1 aromatic carbocycles. The van der Waals surface area contributed by atoms with Crippen molar-refractivity contribution >= 4 is 23.2 Å². The zero-order valence-electron chi connectivity index (χ0n) is 11.2. The lowest BCUT2D eigenvalue weighted by Crippen LogP contribution is -1.97. The van der Waals surface area contributed by atoms with Gasteiger partial charge in [0.05, 0.1) is 17.1 Å². The van der Waals surface area contributed by atoms with Gasteiger partial charge in [-0.3, -0.25) is 0 Å². The molecular weight excluding hydrogens is 283 g/mol. The minimum atomic E-state index is 0.378. The Balaban J connectivity index is 2.36. The van der Waals surface area contributed by atoms with E-state index in [4.69, 9.17) is 27.9 Å². The van der Waals surface area contributed by atoms with E-state index < -0.39 is 0 Å². The Morgan fingerprint density at radius 2 is 2.11 bits per heavy atom. The van der Waals surface area contributed by atoms with Crippen molar-refractivity contribution in [1.29, 1.82) is 0 Å². The number of hydrogen-bond donors (Lipinski definition) is 0. The van der Waals surface area contributed by atoms with Crippen molar-refractivity contribution in [2.75, 3.05) is 0 Å². The van der Waals surface area contributed by atoms with Crippen LogP contribution in [0.4, 0.5) is 0 Å². The molecule has 3 nitrogen and oxygen atoms in total. The fourth-order valence-electron chi connectivity index (χ4n) is 1.96. The Labute approximate surface area is 123 Å². The van der Waals surface area contributed by atoms with Gasteiger partial charge in [0.15, 0.2) is 0 Å². The van der Waals surface area contributed by atoms with Crippen LogP contribution in [0.25, 0.3) is 0 Å². The number of benzene rings is 1. The molecule has 0 aliphatic rings. The van der Waals surface area contributed by atoms with Crippen LogP contribution in [-0.4, -0.2) is 9.78 Å². The first-order valence-corrected chi connectivity index (χ1v) is 7.02. The summed E-state index contributed by atoms with van der Waals surface area (Å²) in [5.74, 6) is 1.80. The van der Waals surface area contributed by atoms with Crippen LogP contribution in [0.2, 0.25) is 5.02 Å². The van der Waals surface area contributed by atoms with Gasteiger partial charge in [-0.1, -0.05) is 18.5 Å². The van der Waals surface area contributed by atoms with Crippen molar-refractivity contribution in [2.24, 2.45) is 7.05 Å². The summed E-state index contributed by atoms with van der Waals surface area (Å²) in [7, 11) is 1.84. The van der Waals surface area contributed by atoms with E-state index in [-0.39, 0.29) is 0 Å². The summed E-state index contributed by atoms with van der Waals surface area (Å²) < 4.78 is 7.61. The summed E-state index contributed by atoms with van der Waals surface area (Å²) in [6.45, 7) is 3.98. The van der Waals surface area contributed by atoms with Crippen LogP contribution in [0.1, 0.15) is 23.7 Å². The van der Waals surface area contributed by atoms with Crippen LogP contribution in [0.15, 0.2) is 18.2 Å². The average Bonchev–Trinajstić information content (AvgIpc) is 2.66. The first-order valence-electron chi connectivity index (χ1n) is 6.11. The van der Waals surface area contributed by atoms with Crippen molar-refractivity contribution in [3.05, 3.63) is 40.0 Å². The Kier molecular flexibility index (Phi) is 4.38. The Morgan fingerprint density at radius 3 is 2.74 bits per heavy atom. The molecule has 0 saturated carbocycles. The summed E-state index contributed by atoms with van der Waals surface area (Å²) in [4.78, 5) is 0.